The highest BCUT2D eigenvalue weighted by atomic mass is 35.5. The van der Waals surface area contributed by atoms with Crippen LogP contribution in [0, 0.1) is 17.2 Å². The van der Waals surface area contributed by atoms with Gasteiger partial charge in [0.1, 0.15) is 17.6 Å². The highest BCUT2D eigenvalue weighted by Gasteiger charge is 2.58. The highest BCUT2D eigenvalue weighted by Crippen LogP contribution is 2.61. The molecule has 7 heteroatoms. The molecule has 2 aromatic carbocycles. The molecule has 7 rings (SSSR count). The van der Waals surface area contributed by atoms with Crippen LogP contribution in [0.3, 0.4) is 0 Å². The molecule has 2 aromatic rings. The lowest BCUT2D eigenvalue weighted by Gasteiger charge is -2.50. The number of halogens is 1. The average molecular weight is 425 g/mol. The van der Waals surface area contributed by atoms with Gasteiger partial charge in [-0.2, -0.15) is 5.26 Å². The second-order valence-corrected chi connectivity index (χ2v) is 9.70. The van der Waals surface area contributed by atoms with Gasteiger partial charge in [0.25, 0.3) is 5.24 Å². The third-order valence-corrected chi connectivity index (χ3v) is 8.00. The number of hydrogen-bond donors (Lipinski definition) is 1. The number of nitriles is 1. The first-order valence-electron chi connectivity index (χ1n) is 9.74. The Kier molecular flexibility index (Phi) is 3.89. The third-order valence-electron chi connectivity index (χ3n) is 6.53. The van der Waals surface area contributed by atoms with E-state index in [-0.39, 0.29) is 22.8 Å². The fourth-order valence-electron chi connectivity index (χ4n) is 5.07. The molecule has 3 aliphatic carbocycles. The first kappa shape index (κ1) is 17.6. The number of nitrogens with zero attached hydrogens (tertiary/aromatic N) is 1. The number of benzene rings is 2. The van der Waals surface area contributed by atoms with Crippen molar-refractivity contribution in [3.63, 3.8) is 0 Å². The van der Waals surface area contributed by atoms with E-state index in [1.165, 1.54) is 22.9 Å². The predicted molar refractivity (Wildman–Crippen MR) is 109 cm³/mol. The van der Waals surface area contributed by atoms with Crippen molar-refractivity contribution in [2.24, 2.45) is 5.92 Å². The van der Waals surface area contributed by atoms with Crippen LogP contribution in [0.5, 0.6) is 11.5 Å². The largest absolute Gasteiger partial charge is 0.456 e. The second kappa shape index (κ2) is 6.40. The quantitative estimate of drug-likeness (QED) is 0.690. The minimum Gasteiger partial charge on any atom is -0.456 e. The van der Waals surface area contributed by atoms with Crippen LogP contribution in [0.4, 0.5) is 4.79 Å². The van der Waals surface area contributed by atoms with Gasteiger partial charge in [-0.05, 0) is 66.1 Å². The molecule has 4 atom stereocenters. The molecule has 0 spiro atoms. The zero-order chi connectivity index (χ0) is 19.7. The second-order valence-electron chi connectivity index (χ2n) is 8.14. The standard InChI is InChI=1S/C22H17ClN2O3S/c23-16-5-10(9-24)1-4-17(16)27-13-2-3-14-15(8-13)11-6-12(7-11)18(14)20-19-21(28-19)25-22(26)29-20/h1-5,8,11-12,18-21H,6-7H2,(H,25,26)/t11?,12?,18-,19?,20?,21?/m1/s1. The molecule has 5 nitrogen and oxygen atoms in total. The highest BCUT2D eigenvalue weighted by molar-refractivity contribution is 8.14. The number of epoxide rings is 1. The van der Waals surface area contributed by atoms with Crippen molar-refractivity contribution >= 4 is 28.6 Å². The Morgan fingerprint density at radius 2 is 2.07 bits per heavy atom. The SMILES string of the molecule is N#Cc1ccc(Oc2ccc3c(c2)C2CC(C2)[C@H]3C2SC(=O)NC3OC32)c(Cl)c1. The first-order chi connectivity index (χ1) is 14.1. The van der Waals surface area contributed by atoms with Gasteiger partial charge in [-0.25, -0.2) is 0 Å². The lowest BCUT2D eigenvalue weighted by atomic mass is 9.56. The number of carbonyl (C=O) groups is 1. The van der Waals surface area contributed by atoms with Crippen LogP contribution in [0.2, 0.25) is 5.02 Å². The van der Waals surface area contributed by atoms with Crippen molar-refractivity contribution in [3.8, 4) is 17.6 Å². The van der Waals surface area contributed by atoms with Crippen molar-refractivity contribution < 1.29 is 14.3 Å². The molecule has 3 fully saturated rings. The maximum Gasteiger partial charge on any atom is 0.281 e. The number of thioether (sulfide) groups is 1. The zero-order valence-corrected chi connectivity index (χ0v) is 16.9. The summed E-state index contributed by atoms with van der Waals surface area (Å²) in [6.45, 7) is 0. The maximum absolute atomic E-state index is 12.0. The minimum atomic E-state index is -0.101. The molecule has 1 N–H and O–H groups in total. The molecular weight excluding hydrogens is 408 g/mol. The summed E-state index contributed by atoms with van der Waals surface area (Å²) in [5.74, 6) is 2.81. The molecule has 2 aliphatic heterocycles. The summed E-state index contributed by atoms with van der Waals surface area (Å²) >= 11 is 7.66. The Hall–Kier alpha value is -2.20. The van der Waals surface area contributed by atoms with Gasteiger partial charge in [-0.1, -0.05) is 29.4 Å². The Morgan fingerprint density at radius 3 is 2.86 bits per heavy atom. The van der Waals surface area contributed by atoms with E-state index in [9.17, 15) is 4.79 Å². The van der Waals surface area contributed by atoms with Crippen LogP contribution in [-0.2, 0) is 4.74 Å². The summed E-state index contributed by atoms with van der Waals surface area (Å²) < 4.78 is 11.7. The zero-order valence-electron chi connectivity index (χ0n) is 15.3. The Balaban J connectivity index is 1.31. The van der Waals surface area contributed by atoms with Gasteiger partial charge in [0, 0.05) is 5.92 Å². The molecule has 2 saturated heterocycles. The number of hydrogen-bond acceptors (Lipinski definition) is 5. The number of carbonyl (C=O) groups excluding carboxylic acids is 1. The molecule has 5 aliphatic rings. The Labute approximate surface area is 177 Å². The van der Waals surface area contributed by atoms with E-state index < -0.39 is 0 Å². The molecule has 2 heterocycles. The van der Waals surface area contributed by atoms with E-state index in [4.69, 9.17) is 26.3 Å². The van der Waals surface area contributed by atoms with Crippen molar-refractivity contribution in [1.82, 2.24) is 5.32 Å². The smallest absolute Gasteiger partial charge is 0.281 e. The molecule has 1 amide bonds. The normalized spacial score (nSPS) is 33.4. The summed E-state index contributed by atoms with van der Waals surface area (Å²) in [5, 5.41) is 12.5. The molecule has 29 heavy (non-hydrogen) atoms. The fourth-order valence-corrected chi connectivity index (χ4v) is 6.58. The van der Waals surface area contributed by atoms with E-state index in [1.807, 2.05) is 6.07 Å². The lowest BCUT2D eigenvalue weighted by Crippen LogP contribution is -2.45. The van der Waals surface area contributed by atoms with E-state index in [1.54, 1.807) is 18.2 Å². The molecule has 0 radical (unpaired) electrons. The Bertz CT molecular complexity index is 1080. The number of nitrogens with one attached hydrogen (secondary N) is 1. The van der Waals surface area contributed by atoms with Crippen LogP contribution in [-0.4, -0.2) is 22.8 Å². The molecular formula is C22H17ClN2O3S. The summed E-state index contributed by atoms with van der Waals surface area (Å²) in [6, 6.07) is 13.4. The summed E-state index contributed by atoms with van der Waals surface area (Å²) in [4.78, 5) is 12.0. The van der Waals surface area contributed by atoms with Crippen LogP contribution >= 0.6 is 23.4 Å². The summed E-state index contributed by atoms with van der Waals surface area (Å²) in [7, 11) is 0. The topological polar surface area (TPSA) is 74.6 Å². The van der Waals surface area contributed by atoms with E-state index in [0.717, 1.165) is 18.6 Å². The third kappa shape index (κ3) is 2.83. The van der Waals surface area contributed by atoms with Gasteiger partial charge in [0.05, 0.1) is 21.9 Å². The molecule has 2 bridgehead atoms. The van der Waals surface area contributed by atoms with E-state index in [2.05, 4.69) is 23.5 Å². The van der Waals surface area contributed by atoms with Gasteiger partial charge in [-0.3, -0.25) is 4.79 Å². The van der Waals surface area contributed by atoms with Gasteiger partial charge in [-0.15, -0.1) is 0 Å². The lowest BCUT2D eigenvalue weighted by molar-refractivity contribution is 0.180. The van der Waals surface area contributed by atoms with E-state index in [0.29, 0.717) is 34.1 Å². The molecule has 3 unspecified atom stereocenters. The van der Waals surface area contributed by atoms with Gasteiger partial charge in [0.15, 0.2) is 6.23 Å². The van der Waals surface area contributed by atoms with Crippen molar-refractivity contribution in [2.75, 3.05) is 0 Å². The average Bonchev–Trinajstić information content (AvgIpc) is 3.46. The van der Waals surface area contributed by atoms with Crippen molar-refractivity contribution in [1.29, 1.82) is 5.26 Å². The van der Waals surface area contributed by atoms with Crippen molar-refractivity contribution in [3.05, 3.63) is 58.1 Å². The van der Waals surface area contributed by atoms with E-state index >= 15 is 0 Å². The minimum absolute atomic E-state index is 0.0205. The molecule has 146 valence electrons. The number of fused-ring (bicyclic) bond motifs is 1. The van der Waals surface area contributed by atoms with Crippen LogP contribution in [0.25, 0.3) is 0 Å². The molecule has 0 aromatic heterocycles. The van der Waals surface area contributed by atoms with Crippen LogP contribution in [0.1, 0.15) is 41.4 Å². The number of rotatable bonds is 3. The first-order valence-corrected chi connectivity index (χ1v) is 11.0. The van der Waals surface area contributed by atoms with Gasteiger partial charge in [0.2, 0.25) is 0 Å². The summed E-state index contributed by atoms with van der Waals surface area (Å²) in [6.07, 6.45) is 2.35. The van der Waals surface area contributed by atoms with Gasteiger partial charge >= 0.3 is 0 Å². The fraction of sp³-hybridized carbons (Fsp3) is 0.364. The summed E-state index contributed by atoms with van der Waals surface area (Å²) in [5.41, 5.74) is 3.16. The number of ether oxygens (including phenoxy) is 2. The number of amides is 1. The Morgan fingerprint density at radius 1 is 1.21 bits per heavy atom. The van der Waals surface area contributed by atoms with Gasteiger partial charge < -0.3 is 14.8 Å². The monoisotopic (exact) mass is 424 g/mol. The predicted octanol–water partition coefficient (Wildman–Crippen LogP) is 5.14. The van der Waals surface area contributed by atoms with Crippen LogP contribution < -0.4 is 10.1 Å². The maximum atomic E-state index is 12.0. The van der Waals surface area contributed by atoms with Crippen molar-refractivity contribution in [2.45, 2.75) is 42.3 Å². The molecule has 1 saturated carbocycles. The van der Waals surface area contributed by atoms with Crippen LogP contribution in [0.15, 0.2) is 36.4 Å².